The van der Waals surface area contributed by atoms with E-state index in [2.05, 4.69) is 28.9 Å². The summed E-state index contributed by atoms with van der Waals surface area (Å²) < 4.78 is 24.7. The van der Waals surface area contributed by atoms with Crippen LogP contribution in [0.4, 0.5) is 10.1 Å². The average molecular weight is 479 g/mol. The van der Waals surface area contributed by atoms with Gasteiger partial charge in [-0.25, -0.2) is 4.39 Å². The van der Waals surface area contributed by atoms with Crippen LogP contribution in [0.25, 0.3) is 0 Å². The number of rotatable bonds is 6. The van der Waals surface area contributed by atoms with Gasteiger partial charge in [-0.05, 0) is 43.5 Å². The van der Waals surface area contributed by atoms with Gasteiger partial charge in [0.15, 0.2) is 0 Å². The van der Waals surface area contributed by atoms with E-state index in [1.807, 2.05) is 12.1 Å². The maximum atomic E-state index is 13.4. The van der Waals surface area contributed by atoms with Gasteiger partial charge in [0.1, 0.15) is 23.8 Å². The number of β-amino-alcohol motifs (C(OH)–C–C–N with tert-alkyl or cyclic N) is 2. The zero-order chi connectivity index (χ0) is 23.5. The molecule has 0 aromatic heterocycles. The Morgan fingerprint density at radius 3 is 2.58 bits per heavy atom. The number of ether oxygens (including phenoxy) is 2. The lowest BCUT2D eigenvalue weighted by molar-refractivity contribution is -0.0742. The molecule has 0 bridgehead atoms. The first kappa shape index (κ1) is 24.2. The lowest BCUT2D eigenvalue weighted by Crippen LogP contribution is -2.55. The number of hydrogen-bond acceptors (Lipinski definition) is 6. The van der Waals surface area contributed by atoms with Gasteiger partial charge in [-0.15, -0.1) is 0 Å². The molecule has 0 saturated carbocycles. The maximum absolute atomic E-state index is 13.4. The van der Waals surface area contributed by atoms with Crippen molar-refractivity contribution in [3.05, 3.63) is 58.9 Å². The number of nitrogens with zero attached hydrogens (tertiary/aromatic N) is 2. The van der Waals surface area contributed by atoms with Crippen LogP contribution < -0.4 is 9.64 Å². The first-order chi connectivity index (χ1) is 15.8. The van der Waals surface area contributed by atoms with Gasteiger partial charge in [-0.3, -0.25) is 4.90 Å². The molecular formula is C25H32ClFN2O4. The Balaban J connectivity index is 1.34. The normalized spacial score (nSPS) is 23.8. The summed E-state index contributed by atoms with van der Waals surface area (Å²) in [6.45, 7) is 5.63. The molecule has 1 atom stereocenters. The van der Waals surface area contributed by atoms with Gasteiger partial charge < -0.3 is 24.6 Å². The van der Waals surface area contributed by atoms with Crippen LogP contribution in [0.15, 0.2) is 42.5 Å². The number of aryl methyl sites for hydroxylation is 1. The first-order valence-electron chi connectivity index (χ1n) is 11.4. The van der Waals surface area contributed by atoms with E-state index in [9.17, 15) is 14.6 Å². The summed E-state index contributed by atoms with van der Waals surface area (Å²) in [6, 6.07) is 12.4. The van der Waals surface area contributed by atoms with E-state index in [1.54, 1.807) is 0 Å². The van der Waals surface area contributed by atoms with E-state index in [0.717, 1.165) is 13.1 Å². The predicted octanol–water partition coefficient (Wildman–Crippen LogP) is 3.26. The third-order valence-corrected chi connectivity index (χ3v) is 6.80. The second-order valence-corrected chi connectivity index (χ2v) is 9.76. The number of halogens is 2. The molecular weight excluding hydrogens is 447 g/mol. The SMILES string of the molecule is Cc1ccccc1N1CCC(O)(CN2CCOCC(O)(COc3ccc(F)c(Cl)c3)C2)CC1. The molecule has 4 rings (SSSR count). The van der Waals surface area contributed by atoms with Crippen molar-refractivity contribution in [2.24, 2.45) is 0 Å². The highest BCUT2D eigenvalue weighted by atomic mass is 35.5. The van der Waals surface area contributed by atoms with Gasteiger partial charge in [0.05, 0.1) is 23.8 Å². The van der Waals surface area contributed by atoms with Gasteiger partial charge in [0.25, 0.3) is 0 Å². The van der Waals surface area contributed by atoms with Gasteiger partial charge in [-0.2, -0.15) is 0 Å². The molecule has 180 valence electrons. The minimum Gasteiger partial charge on any atom is -0.490 e. The Morgan fingerprint density at radius 1 is 1.09 bits per heavy atom. The standard InChI is InChI=1S/C25H32ClFN2O4/c1-19-4-2-3-5-23(19)29-10-8-24(30,9-11-29)15-28-12-13-32-17-25(31,16-28)18-33-20-6-7-22(27)21(26)14-20/h2-7,14,30-31H,8-13,15-18H2,1H3. The Hall–Kier alpha value is -1.90. The molecule has 2 aromatic rings. The molecule has 2 aromatic carbocycles. The lowest BCUT2D eigenvalue weighted by Gasteiger charge is -2.42. The first-order valence-corrected chi connectivity index (χ1v) is 11.8. The molecule has 6 nitrogen and oxygen atoms in total. The van der Waals surface area contributed by atoms with Crippen molar-refractivity contribution < 1.29 is 24.1 Å². The Labute approximate surface area is 199 Å². The predicted molar refractivity (Wildman–Crippen MR) is 127 cm³/mol. The molecule has 2 aliphatic heterocycles. The highest BCUT2D eigenvalue weighted by Crippen LogP contribution is 2.30. The fourth-order valence-corrected chi connectivity index (χ4v) is 4.83. The van der Waals surface area contributed by atoms with Crippen molar-refractivity contribution in [2.75, 3.05) is 57.4 Å². The number of piperidine rings is 1. The highest BCUT2D eigenvalue weighted by molar-refractivity contribution is 6.30. The molecule has 2 saturated heterocycles. The average Bonchev–Trinajstić information content (AvgIpc) is 2.97. The Morgan fingerprint density at radius 2 is 1.85 bits per heavy atom. The molecule has 0 spiro atoms. The molecule has 0 aliphatic carbocycles. The van der Waals surface area contributed by atoms with Crippen LogP contribution in [-0.2, 0) is 4.74 Å². The van der Waals surface area contributed by atoms with Crippen molar-refractivity contribution in [1.29, 1.82) is 0 Å². The third kappa shape index (κ3) is 6.16. The Kier molecular flexibility index (Phi) is 7.46. The zero-order valence-electron chi connectivity index (χ0n) is 19.0. The molecule has 2 aliphatic rings. The zero-order valence-corrected chi connectivity index (χ0v) is 19.7. The van der Waals surface area contributed by atoms with Crippen LogP contribution in [-0.4, -0.2) is 78.9 Å². The minimum absolute atomic E-state index is 0.0229. The highest BCUT2D eigenvalue weighted by Gasteiger charge is 2.39. The van der Waals surface area contributed by atoms with Crippen LogP contribution in [0.5, 0.6) is 5.75 Å². The van der Waals surface area contributed by atoms with E-state index < -0.39 is 17.0 Å². The third-order valence-electron chi connectivity index (χ3n) is 6.51. The van der Waals surface area contributed by atoms with Crippen molar-refractivity contribution in [1.82, 2.24) is 4.90 Å². The maximum Gasteiger partial charge on any atom is 0.142 e. The number of benzene rings is 2. The fraction of sp³-hybridized carbons (Fsp3) is 0.520. The van der Waals surface area contributed by atoms with Crippen molar-refractivity contribution >= 4 is 17.3 Å². The minimum atomic E-state index is -1.25. The summed E-state index contributed by atoms with van der Waals surface area (Å²) in [5.74, 6) is -0.138. The monoisotopic (exact) mass is 478 g/mol. The largest absolute Gasteiger partial charge is 0.490 e. The van der Waals surface area contributed by atoms with E-state index in [-0.39, 0.29) is 18.2 Å². The summed E-state index contributed by atoms with van der Waals surface area (Å²) in [5.41, 5.74) is 0.376. The molecule has 2 heterocycles. The van der Waals surface area contributed by atoms with E-state index in [1.165, 1.54) is 29.4 Å². The second-order valence-electron chi connectivity index (χ2n) is 9.35. The van der Waals surface area contributed by atoms with Crippen LogP contribution in [0, 0.1) is 12.7 Å². The molecule has 2 fully saturated rings. The summed E-state index contributed by atoms with van der Waals surface area (Å²) in [7, 11) is 0. The van der Waals surface area contributed by atoms with Crippen molar-refractivity contribution in [2.45, 2.75) is 31.0 Å². The summed E-state index contributed by atoms with van der Waals surface area (Å²) in [6.07, 6.45) is 1.31. The van der Waals surface area contributed by atoms with E-state index in [4.69, 9.17) is 21.1 Å². The van der Waals surface area contributed by atoms with Crippen LogP contribution in [0.1, 0.15) is 18.4 Å². The number of aliphatic hydroxyl groups is 2. The van der Waals surface area contributed by atoms with Gasteiger partial charge in [0.2, 0.25) is 0 Å². The number of hydrogen-bond donors (Lipinski definition) is 2. The topological polar surface area (TPSA) is 65.4 Å². The molecule has 0 amide bonds. The smallest absolute Gasteiger partial charge is 0.142 e. The quantitative estimate of drug-likeness (QED) is 0.664. The Bertz CT molecular complexity index is 954. The van der Waals surface area contributed by atoms with E-state index >= 15 is 0 Å². The van der Waals surface area contributed by atoms with E-state index in [0.29, 0.717) is 44.8 Å². The summed E-state index contributed by atoms with van der Waals surface area (Å²) >= 11 is 5.82. The lowest BCUT2D eigenvalue weighted by atomic mass is 9.89. The van der Waals surface area contributed by atoms with Gasteiger partial charge in [0, 0.05) is 44.5 Å². The molecule has 33 heavy (non-hydrogen) atoms. The molecule has 2 N–H and O–H groups in total. The second kappa shape index (κ2) is 10.2. The number of anilines is 1. The van der Waals surface area contributed by atoms with Crippen LogP contribution in [0.3, 0.4) is 0 Å². The fourth-order valence-electron chi connectivity index (χ4n) is 4.66. The molecule has 0 radical (unpaired) electrons. The van der Waals surface area contributed by atoms with Crippen LogP contribution in [0.2, 0.25) is 5.02 Å². The van der Waals surface area contributed by atoms with Gasteiger partial charge in [-0.1, -0.05) is 29.8 Å². The molecule has 8 heteroatoms. The van der Waals surface area contributed by atoms with Crippen molar-refractivity contribution in [3.63, 3.8) is 0 Å². The van der Waals surface area contributed by atoms with Gasteiger partial charge >= 0.3 is 0 Å². The summed E-state index contributed by atoms with van der Waals surface area (Å²) in [4.78, 5) is 4.38. The summed E-state index contributed by atoms with van der Waals surface area (Å²) in [5, 5.41) is 22.4. The number of para-hydroxylation sites is 1. The van der Waals surface area contributed by atoms with Crippen LogP contribution >= 0.6 is 11.6 Å². The molecule has 1 unspecified atom stereocenters. The van der Waals surface area contributed by atoms with Crippen molar-refractivity contribution in [3.8, 4) is 5.75 Å².